The maximum absolute atomic E-state index is 13.3. The SMILES string of the molecule is CC(C)NC(=O)CN1CCN(Cc2nc(Cc3cccc(F)c3)no2)CC1. The number of piperazine rings is 1. The molecule has 0 spiro atoms. The standard InChI is InChI=1S/C19H26FN5O2/c1-14(2)21-18(26)12-24-6-8-25(9-7-24)13-19-22-17(23-27-19)11-15-4-3-5-16(20)10-15/h3-5,10,14H,6-9,11-13H2,1-2H3,(H,21,26). The number of halogens is 1. The van der Waals surface area contributed by atoms with Gasteiger partial charge in [-0.2, -0.15) is 4.98 Å². The molecule has 2 aromatic rings. The fourth-order valence-corrected chi connectivity index (χ4v) is 3.12. The van der Waals surface area contributed by atoms with E-state index in [0.29, 0.717) is 31.2 Å². The molecule has 0 aliphatic carbocycles. The van der Waals surface area contributed by atoms with Crippen molar-refractivity contribution < 1.29 is 13.7 Å². The van der Waals surface area contributed by atoms with E-state index >= 15 is 0 Å². The molecule has 1 aromatic carbocycles. The summed E-state index contributed by atoms with van der Waals surface area (Å²) in [5.74, 6) is 0.917. The number of benzene rings is 1. The highest BCUT2D eigenvalue weighted by atomic mass is 19.1. The largest absolute Gasteiger partial charge is 0.353 e. The quantitative estimate of drug-likeness (QED) is 0.789. The van der Waals surface area contributed by atoms with Gasteiger partial charge in [-0.1, -0.05) is 17.3 Å². The first kappa shape index (κ1) is 19.4. The normalized spacial score (nSPS) is 16.0. The fourth-order valence-electron chi connectivity index (χ4n) is 3.12. The first-order valence-corrected chi connectivity index (χ1v) is 9.28. The van der Waals surface area contributed by atoms with Crippen molar-refractivity contribution in [3.05, 3.63) is 47.4 Å². The average molecular weight is 375 g/mol. The first-order valence-electron chi connectivity index (χ1n) is 9.28. The van der Waals surface area contributed by atoms with Crippen molar-refractivity contribution in [2.24, 2.45) is 0 Å². The molecule has 0 unspecified atom stereocenters. The van der Waals surface area contributed by atoms with Crippen molar-refractivity contribution in [2.75, 3.05) is 32.7 Å². The van der Waals surface area contributed by atoms with Gasteiger partial charge in [-0.3, -0.25) is 14.6 Å². The summed E-state index contributed by atoms with van der Waals surface area (Å²) in [6, 6.07) is 6.57. The Labute approximate surface area is 158 Å². The molecule has 27 heavy (non-hydrogen) atoms. The minimum absolute atomic E-state index is 0.0670. The fraction of sp³-hybridized carbons (Fsp3) is 0.526. The molecule has 0 atom stereocenters. The van der Waals surface area contributed by atoms with Crippen LogP contribution in [0, 0.1) is 5.82 Å². The van der Waals surface area contributed by atoms with E-state index in [1.54, 1.807) is 6.07 Å². The summed E-state index contributed by atoms with van der Waals surface area (Å²) < 4.78 is 18.6. The van der Waals surface area contributed by atoms with E-state index in [2.05, 4.69) is 25.3 Å². The van der Waals surface area contributed by atoms with Crippen molar-refractivity contribution in [2.45, 2.75) is 32.9 Å². The van der Waals surface area contributed by atoms with Crippen molar-refractivity contribution in [3.63, 3.8) is 0 Å². The molecule has 1 aliphatic rings. The smallest absolute Gasteiger partial charge is 0.240 e. The van der Waals surface area contributed by atoms with Crippen LogP contribution < -0.4 is 5.32 Å². The summed E-state index contributed by atoms with van der Waals surface area (Å²) in [6.07, 6.45) is 0.444. The first-order chi connectivity index (χ1) is 13.0. The summed E-state index contributed by atoms with van der Waals surface area (Å²) in [4.78, 5) is 20.6. The van der Waals surface area contributed by atoms with E-state index in [0.717, 1.165) is 31.7 Å². The molecular formula is C19H26FN5O2. The Kier molecular flexibility index (Phi) is 6.52. The molecule has 1 aliphatic heterocycles. The second-order valence-electron chi connectivity index (χ2n) is 7.19. The number of rotatable bonds is 7. The molecular weight excluding hydrogens is 349 g/mol. The maximum atomic E-state index is 13.3. The minimum Gasteiger partial charge on any atom is -0.353 e. The predicted octanol–water partition coefficient (Wildman–Crippen LogP) is 1.44. The van der Waals surface area contributed by atoms with Crippen LogP contribution >= 0.6 is 0 Å². The molecule has 0 bridgehead atoms. The van der Waals surface area contributed by atoms with Gasteiger partial charge in [0.15, 0.2) is 5.82 Å². The number of amides is 1. The molecule has 7 nitrogen and oxygen atoms in total. The summed E-state index contributed by atoms with van der Waals surface area (Å²) in [5.41, 5.74) is 0.815. The van der Waals surface area contributed by atoms with E-state index in [-0.39, 0.29) is 17.8 Å². The highest BCUT2D eigenvalue weighted by Crippen LogP contribution is 2.11. The third kappa shape index (κ3) is 6.11. The topological polar surface area (TPSA) is 74.5 Å². The molecule has 8 heteroatoms. The van der Waals surface area contributed by atoms with Crippen LogP contribution in [0.4, 0.5) is 4.39 Å². The molecule has 0 saturated carbocycles. The number of nitrogens with zero attached hydrogens (tertiary/aromatic N) is 4. The van der Waals surface area contributed by atoms with Gasteiger partial charge in [0.2, 0.25) is 11.8 Å². The van der Waals surface area contributed by atoms with Crippen LogP contribution in [0.5, 0.6) is 0 Å². The Morgan fingerprint density at radius 3 is 2.70 bits per heavy atom. The highest BCUT2D eigenvalue weighted by molar-refractivity contribution is 5.78. The van der Waals surface area contributed by atoms with Crippen molar-refractivity contribution in [1.29, 1.82) is 0 Å². The van der Waals surface area contributed by atoms with Crippen LogP contribution in [-0.2, 0) is 17.8 Å². The number of nitrogens with one attached hydrogen (secondary N) is 1. The van der Waals surface area contributed by atoms with Gasteiger partial charge < -0.3 is 9.84 Å². The summed E-state index contributed by atoms with van der Waals surface area (Å²) in [5, 5.41) is 6.91. The van der Waals surface area contributed by atoms with Gasteiger partial charge in [0, 0.05) is 38.6 Å². The molecule has 1 aromatic heterocycles. The van der Waals surface area contributed by atoms with Gasteiger partial charge in [-0.25, -0.2) is 4.39 Å². The maximum Gasteiger partial charge on any atom is 0.240 e. The van der Waals surface area contributed by atoms with Gasteiger partial charge >= 0.3 is 0 Å². The van der Waals surface area contributed by atoms with Crippen molar-refractivity contribution >= 4 is 5.91 Å². The summed E-state index contributed by atoms with van der Waals surface area (Å²) >= 11 is 0. The second-order valence-corrected chi connectivity index (χ2v) is 7.19. The van der Waals surface area contributed by atoms with Gasteiger partial charge in [0.1, 0.15) is 5.82 Å². The predicted molar refractivity (Wildman–Crippen MR) is 98.5 cm³/mol. The van der Waals surface area contributed by atoms with Crippen LogP contribution in [0.1, 0.15) is 31.1 Å². The van der Waals surface area contributed by atoms with Crippen LogP contribution in [0.25, 0.3) is 0 Å². The van der Waals surface area contributed by atoms with Gasteiger partial charge in [0.25, 0.3) is 0 Å². The lowest BCUT2D eigenvalue weighted by atomic mass is 10.1. The van der Waals surface area contributed by atoms with E-state index in [1.165, 1.54) is 12.1 Å². The zero-order chi connectivity index (χ0) is 19.2. The van der Waals surface area contributed by atoms with E-state index in [4.69, 9.17) is 4.52 Å². The Hall–Kier alpha value is -2.32. The molecule has 1 saturated heterocycles. The Balaban J connectivity index is 1.44. The molecule has 1 N–H and O–H groups in total. The lowest BCUT2D eigenvalue weighted by Crippen LogP contribution is -2.49. The number of aromatic nitrogens is 2. The van der Waals surface area contributed by atoms with Gasteiger partial charge in [-0.15, -0.1) is 0 Å². The van der Waals surface area contributed by atoms with E-state index < -0.39 is 0 Å². The summed E-state index contributed by atoms with van der Waals surface area (Å²) in [6.45, 7) is 8.29. The van der Waals surface area contributed by atoms with E-state index in [9.17, 15) is 9.18 Å². The van der Waals surface area contributed by atoms with Crippen LogP contribution in [0.2, 0.25) is 0 Å². The number of hydrogen-bond acceptors (Lipinski definition) is 6. The van der Waals surface area contributed by atoms with Crippen LogP contribution in [0.15, 0.2) is 28.8 Å². The van der Waals surface area contributed by atoms with Crippen LogP contribution in [-0.4, -0.2) is 64.6 Å². The van der Waals surface area contributed by atoms with Crippen LogP contribution in [0.3, 0.4) is 0 Å². The third-order valence-electron chi connectivity index (χ3n) is 4.40. The molecule has 2 heterocycles. The summed E-state index contributed by atoms with van der Waals surface area (Å²) in [7, 11) is 0. The van der Waals surface area contributed by atoms with Gasteiger partial charge in [-0.05, 0) is 31.5 Å². The molecule has 1 fully saturated rings. The average Bonchev–Trinajstić information content (AvgIpc) is 3.03. The molecule has 1 amide bonds. The van der Waals surface area contributed by atoms with Crippen molar-refractivity contribution in [1.82, 2.24) is 25.3 Å². The second kappa shape index (κ2) is 9.05. The molecule has 0 radical (unpaired) electrons. The monoisotopic (exact) mass is 375 g/mol. The lowest BCUT2D eigenvalue weighted by Gasteiger charge is -2.33. The molecule has 3 rings (SSSR count). The Morgan fingerprint density at radius 2 is 2.00 bits per heavy atom. The third-order valence-corrected chi connectivity index (χ3v) is 4.40. The Bertz CT molecular complexity index is 756. The number of carbonyl (C=O) groups excluding carboxylic acids is 1. The number of carbonyl (C=O) groups is 1. The zero-order valence-electron chi connectivity index (χ0n) is 15.8. The Morgan fingerprint density at radius 1 is 1.26 bits per heavy atom. The van der Waals surface area contributed by atoms with Gasteiger partial charge in [0.05, 0.1) is 13.1 Å². The highest BCUT2D eigenvalue weighted by Gasteiger charge is 2.21. The number of hydrogen-bond donors (Lipinski definition) is 1. The lowest BCUT2D eigenvalue weighted by molar-refractivity contribution is -0.123. The van der Waals surface area contributed by atoms with Crippen molar-refractivity contribution in [3.8, 4) is 0 Å². The molecule has 146 valence electrons. The van der Waals surface area contributed by atoms with E-state index in [1.807, 2.05) is 19.9 Å². The minimum atomic E-state index is -0.267. The zero-order valence-corrected chi connectivity index (χ0v) is 15.8.